The molecule has 1 fully saturated rings. The number of benzene rings is 1. The first-order chi connectivity index (χ1) is 12.0. The Kier molecular flexibility index (Phi) is 6.21. The lowest BCUT2D eigenvalue weighted by Crippen LogP contribution is -2.30. The highest BCUT2D eigenvalue weighted by atomic mass is 19.4. The fourth-order valence-corrected chi connectivity index (χ4v) is 4.09. The molecule has 0 radical (unpaired) electrons. The zero-order valence-corrected chi connectivity index (χ0v) is 14.8. The molecule has 138 valence electrons. The SMILES string of the molecule is FC(F)(F)c1cccc(C2=CCN(CCC3CCCCCC3)CC2)c1. The van der Waals surface area contributed by atoms with E-state index in [9.17, 15) is 13.2 Å². The Hall–Kier alpha value is -1.29. The topological polar surface area (TPSA) is 3.24 Å². The van der Waals surface area contributed by atoms with Crippen LogP contribution in [0.2, 0.25) is 0 Å². The smallest absolute Gasteiger partial charge is 0.299 e. The summed E-state index contributed by atoms with van der Waals surface area (Å²) in [5.74, 6) is 0.872. The highest BCUT2D eigenvalue weighted by molar-refractivity contribution is 5.67. The quantitative estimate of drug-likeness (QED) is 0.588. The minimum Gasteiger partial charge on any atom is -0.299 e. The molecule has 0 N–H and O–H groups in total. The van der Waals surface area contributed by atoms with Crippen LogP contribution in [0.5, 0.6) is 0 Å². The lowest BCUT2D eigenvalue weighted by molar-refractivity contribution is -0.137. The predicted molar refractivity (Wildman–Crippen MR) is 96.3 cm³/mol. The summed E-state index contributed by atoms with van der Waals surface area (Å²) in [5, 5.41) is 0. The zero-order chi connectivity index (χ0) is 17.7. The van der Waals surface area contributed by atoms with E-state index in [4.69, 9.17) is 0 Å². The Bertz CT molecular complexity index is 583. The van der Waals surface area contributed by atoms with Crippen LogP contribution in [-0.2, 0) is 6.18 Å². The molecule has 0 unspecified atom stereocenters. The third-order valence-electron chi connectivity index (χ3n) is 5.68. The number of halogens is 3. The third kappa shape index (κ3) is 5.34. The van der Waals surface area contributed by atoms with Crippen LogP contribution in [0.15, 0.2) is 30.3 Å². The Morgan fingerprint density at radius 3 is 2.44 bits per heavy atom. The van der Waals surface area contributed by atoms with E-state index >= 15 is 0 Å². The highest BCUT2D eigenvalue weighted by Crippen LogP contribution is 2.32. The molecule has 1 aromatic carbocycles. The van der Waals surface area contributed by atoms with E-state index in [0.717, 1.165) is 49.2 Å². The van der Waals surface area contributed by atoms with Gasteiger partial charge < -0.3 is 0 Å². The Morgan fingerprint density at radius 2 is 1.80 bits per heavy atom. The maximum Gasteiger partial charge on any atom is 0.416 e. The summed E-state index contributed by atoms with van der Waals surface area (Å²) in [6.07, 6.45) is 8.25. The summed E-state index contributed by atoms with van der Waals surface area (Å²) < 4.78 is 38.6. The van der Waals surface area contributed by atoms with Crippen molar-refractivity contribution in [2.24, 2.45) is 5.92 Å². The number of hydrogen-bond acceptors (Lipinski definition) is 1. The van der Waals surface area contributed by atoms with Gasteiger partial charge >= 0.3 is 6.18 Å². The average molecular weight is 351 g/mol. The molecule has 1 nitrogen and oxygen atoms in total. The second-order valence-corrected chi connectivity index (χ2v) is 7.50. The molecule has 1 aliphatic carbocycles. The molecule has 0 amide bonds. The molecule has 2 aliphatic rings. The van der Waals surface area contributed by atoms with Gasteiger partial charge in [0.25, 0.3) is 0 Å². The van der Waals surface area contributed by atoms with Crippen LogP contribution >= 0.6 is 0 Å². The molecule has 1 heterocycles. The van der Waals surface area contributed by atoms with E-state index in [-0.39, 0.29) is 0 Å². The van der Waals surface area contributed by atoms with Crippen molar-refractivity contribution in [1.29, 1.82) is 0 Å². The van der Waals surface area contributed by atoms with Crippen LogP contribution in [0.25, 0.3) is 5.57 Å². The summed E-state index contributed by atoms with van der Waals surface area (Å²) in [7, 11) is 0. The summed E-state index contributed by atoms with van der Waals surface area (Å²) in [6.45, 7) is 2.93. The highest BCUT2D eigenvalue weighted by Gasteiger charge is 2.30. The molecule has 25 heavy (non-hydrogen) atoms. The van der Waals surface area contributed by atoms with Gasteiger partial charge in [-0.1, -0.05) is 56.7 Å². The van der Waals surface area contributed by atoms with Crippen LogP contribution < -0.4 is 0 Å². The van der Waals surface area contributed by atoms with E-state index in [1.807, 2.05) is 0 Å². The molecular weight excluding hydrogens is 323 g/mol. The van der Waals surface area contributed by atoms with Crippen molar-refractivity contribution < 1.29 is 13.2 Å². The van der Waals surface area contributed by atoms with E-state index in [0.29, 0.717) is 0 Å². The largest absolute Gasteiger partial charge is 0.416 e. The van der Waals surface area contributed by atoms with Gasteiger partial charge in [0.2, 0.25) is 0 Å². The van der Waals surface area contributed by atoms with E-state index in [2.05, 4.69) is 11.0 Å². The van der Waals surface area contributed by atoms with Crippen molar-refractivity contribution in [3.05, 3.63) is 41.5 Å². The van der Waals surface area contributed by atoms with E-state index in [1.54, 1.807) is 6.07 Å². The van der Waals surface area contributed by atoms with Crippen molar-refractivity contribution in [3.8, 4) is 0 Å². The van der Waals surface area contributed by atoms with Crippen LogP contribution in [0.3, 0.4) is 0 Å². The molecule has 3 rings (SSSR count). The molecule has 1 aromatic rings. The van der Waals surface area contributed by atoms with E-state index in [1.165, 1.54) is 57.1 Å². The molecule has 4 heteroatoms. The van der Waals surface area contributed by atoms with Crippen molar-refractivity contribution in [3.63, 3.8) is 0 Å². The number of alkyl halides is 3. The molecule has 0 bridgehead atoms. The summed E-state index contributed by atoms with van der Waals surface area (Å²) in [5.41, 5.74) is 1.22. The predicted octanol–water partition coefficient (Wildman–Crippen LogP) is 6.16. The van der Waals surface area contributed by atoms with Crippen molar-refractivity contribution in [2.45, 2.75) is 57.5 Å². The standard InChI is InChI=1S/C21H28F3N/c22-21(23,24)20-9-5-8-19(16-20)18-11-14-25(15-12-18)13-10-17-6-3-1-2-4-7-17/h5,8-9,11,16-17H,1-4,6-7,10,12-15H2. The number of hydrogen-bond donors (Lipinski definition) is 0. The second-order valence-electron chi connectivity index (χ2n) is 7.50. The van der Waals surface area contributed by atoms with Gasteiger partial charge in [0.1, 0.15) is 0 Å². The minimum absolute atomic E-state index is 0.554. The fourth-order valence-electron chi connectivity index (χ4n) is 4.09. The Morgan fingerprint density at radius 1 is 1.04 bits per heavy atom. The lowest BCUT2D eigenvalue weighted by Gasteiger charge is -2.28. The second kappa shape index (κ2) is 8.39. The summed E-state index contributed by atoms with van der Waals surface area (Å²) >= 11 is 0. The molecule has 0 spiro atoms. The van der Waals surface area contributed by atoms with Crippen LogP contribution in [0.4, 0.5) is 13.2 Å². The Labute approximate surface area is 148 Å². The van der Waals surface area contributed by atoms with Gasteiger partial charge in [0.05, 0.1) is 5.56 Å². The minimum atomic E-state index is -4.27. The van der Waals surface area contributed by atoms with Crippen LogP contribution in [0.1, 0.15) is 62.5 Å². The molecule has 1 saturated carbocycles. The first-order valence-electron chi connectivity index (χ1n) is 9.61. The lowest BCUT2D eigenvalue weighted by atomic mass is 9.95. The van der Waals surface area contributed by atoms with E-state index < -0.39 is 11.7 Å². The molecule has 0 saturated heterocycles. The average Bonchev–Trinajstić information content (AvgIpc) is 2.89. The van der Waals surface area contributed by atoms with Gasteiger partial charge in [-0.2, -0.15) is 13.2 Å². The van der Waals surface area contributed by atoms with Gasteiger partial charge in [0, 0.05) is 13.1 Å². The summed E-state index contributed by atoms with van der Waals surface area (Å²) in [6, 6.07) is 5.73. The normalized spacial score (nSPS) is 21.0. The van der Waals surface area contributed by atoms with Crippen molar-refractivity contribution >= 4 is 5.57 Å². The number of rotatable bonds is 4. The van der Waals surface area contributed by atoms with Gasteiger partial charge in [-0.05, 0) is 48.6 Å². The van der Waals surface area contributed by atoms with Crippen molar-refractivity contribution in [2.75, 3.05) is 19.6 Å². The van der Waals surface area contributed by atoms with Crippen molar-refractivity contribution in [1.82, 2.24) is 4.90 Å². The zero-order valence-electron chi connectivity index (χ0n) is 14.8. The summed E-state index contributed by atoms with van der Waals surface area (Å²) in [4.78, 5) is 2.45. The van der Waals surface area contributed by atoms with Gasteiger partial charge in [0.15, 0.2) is 0 Å². The third-order valence-corrected chi connectivity index (χ3v) is 5.68. The molecule has 0 aromatic heterocycles. The molecular formula is C21H28F3N. The molecule has 0 atom stereocenters. The first kappa shape index (κ1) is 18.5. The van der Waals surface area contributed by atoms with Gasteiger partial charge in [-0.15, -0.1) is 0 Å². The number of nitrogens with zero attached hydrogens (tertiary/aromatic N) is 1. The monoisotopic (exact) mass is 351 g/mol. The van der Waals surface area contributed by atoms with Gasteiger partial charge in [-0.25, -0.2) is 0 Å². The van der Waals surface area contributed by atoms with Gasteiger partial charge in [-0.3, -0.25) is 4.90 Å². The first-order valence-corrected chi connectivity index (χ1v) is 9.61. The van der Waals surface area contributed by atoms with Crippen LogP contribution in [0, 0.1) is 5.92 Å². The maximum absolute atomic E-state index is 12.9. The Balaban J connectivity index is 1.54. The molecule has 1 aliphatic heterocycles. The maximum atomic E-state index is 12.9. The van der Waals surface area contributed by atoms with Crippen LogP contribution in [-0.4, -0.2) is 24.5 Å². The fraction of sp³-hybridized carbons (Fsp3) is 0.619.